The Morgan fingerprint density at radius 1 is 0.880 bits per heavy atom. The largest absolute Gasteiger partial charge is 0.492 e. The number of nitrogens with zero attached hydrogens (tertiary/aromatic N) is 1. The Kier molecular flexibility index (Phi) is 5.65. The van der Waals surface area contributed by atoms with Crippen molar-refractivity contribution >= 4 is 23.1 Å². The first-order valence-corrected chi connectivity index (χ1v) is 8.14. The van der Waals surface area contributed by atoms with Crippen LogP contribution in [0.3, 0.4) is 0 Å². The first-order valence-electron chi connectivity index (χ1n) is 8.14. The predicted octanol–water partition coefficient (Wildman–Crippen LogP) is 4.44. The van der Waals surface area contributed by atoms with Gasteiger partial charge in [-0.1, -0.05) is 36.4 Å². The van der Waals surface area contributed by atoms with Gasteiger partial charge >= 0.3 is 0 Å². The third-order valence-electron chi connectivity index (χ3n) is 3.81. The van der Waals surface area contributed by atoms with E-state index in [1.54, 1.807) is 14.2 Å². The van der Waals surface area contributed by atoms with Crippen LogP contribution in [0.4, 0.5) is 0 Å². The second-order valence-corrected chi connectivity index (χ2v) is 5.48. The second-order valence-electron chi connectivity index (χ2n) is 5.48. The molecule has 0 saturated carbocycles. The van der Waals surface area contributed by atoms with Gasteiger partial charge in [-0.2, -0.15) is 0 Å². The van der Waals surface area contributed by atoms with Crippen LogP contribution in [-0.2, 0) is 4.74 Å². The van der Waals surface area contributed by atoms with Crippen LogP contribution in [-0.4, -0.2) is 32.4 Å². The van der Waals surface area contributed by atoms with Gasteiger partial charge in [0, 0.05) is 18.1 Å². The highest BCUT2D eigenvalue weighted by molar-refractivity contribution is 5.81. The summed E-state index contributed by atoms with van der Waals surface area (Å²) in [4.78, 5) is 4.65. The lowest BCUT2D eigenvalue weighted by Crippen LogP contribution is -2.05. The molecule has 0 fully saturated rings. The van der Waals surface area contributed by atoms with E-state index in [0.29, 0.717) is 24.7 Å². The SMILES string of the molecule is COCCOc1cccc(C=Cc2ccc3ccccc3n2)c1OC. The number of pyridine rings is 1. The molecule has 1 aromatic heterocycles. The van der Waals surface area contributed by atoms with Crippen LogP contribution in [0.15, 0.2) is 54.6 Å². The smallest absolute Gasteiger partial charge is 0.167 e. The Morgan fingerprint density at radius 3 is 2.60 bits per heavy atom. The third-order valence-corrected chi connectivity index (χ3v) is 3.81. The molecule has 3 rings (SSSR count). The van der Waals surface area contributed by atoms with Gasteiger partial charge in [0.25, 0.3) is 0 Å². The number of fused-ring (bicyclic) bond motifs is 1. The van der Waals surface area contributed by atoms with E-state index in [0.717, 1.165) is 22.2 Å². The van der Waals surface area contributed by atoms with Crippen LogP contribution in [0, 0.1) is 0 Å². The lowest BCUT2D eigenvalue weighted by atomic mass is 10.1. The Bertz CT molecular complexity index is 874. The summed E-state index contributed by atoms with van der Waals surface area (Å²) in [6.07, 6.45) is 3.96. The summed E-state index contributed by atoms with van der Waals surface area (Å²) in [6, 6.07) is 18.0. The quantitative estimate of drug-likeness (QED) is 0.599. The van der Waals surface area contributed by atoms with Crippen molar-refractivity contribution in [3.63, 3.8) is 0 Å². The summed E-state index contributed by atoms with van der Waals surface area (Å²) in [7, 11) is 3.29. The predicted molar refractivity (Wildman–Crippen MR) is 101 cm³/mol. The Morgan fingerprint density at radius 2 is 1.76 bits per heavy atom. The summed E-state index contributed by atoms with van der Waals surface area (Å²) in [5.74, 6) is 1.41. The molecule has 0 atom stereocenters. The summed E-state index contributed by atoms with van der Waals surface area (Å²) < 4.78 is 16.3. The highest BCUT2D eigenvalue weighted by Crippen LogP contribution is 2.32. The van der Waals surface area contributed by atoms with Crippen molar-refractivity contribution in [1.82, 2.24) is 4.98 Å². The van der Waals surface area contributed by atoms with Gasteiger partial charge in [0.05, 0.1) is 24.9 Å². The monoisotopic (exact) mass is 335 g/mol. The van der Waals surface area contributed by atoms with Crippen LogP contribution in [0.5, 0.6) is 11.5 Å². The summed E-state index contributed by atoms with van der Waals surface area (Å²) in [6.45, 7) is 1.01. The van der Waals surface area contributed by atoms with E-state index in [9.17, 15) is 0 Å². The molecule has 25 heavy (non-hydrogen) atoms. The summed E-state index contributed by atoms with van der Waals surface area (Å²) in [5, 5.41) is 1.13. The van der Waals surface area contributed by atoms with Crippen LogP contribution in [0.25, 0.3) is 23.1 Å². The standard InChI is InChI=1S/C21H21NO3/c1-23-14-15-25-20-9-5-7-17(21(20)24-2)11-13-18-12-10-16-6-3-4-8-19(16)22-18/h3-13H,14-15H2,1-2H3. The molecule has 2 aromatic carbocycles. The Hall–Kier alpha value is -2.85. The molecular weight excluding hydrogens is 314 g/mol. The fourth-order valence-corrected chi connectivity index (χ4v) is 2.58. The average Bonchev–Trinajstić information content (AvgIpc) is 2.66. The van der Waals surface area contributed by atoms with E-state index in [2.05, 4.69) is 17.1 Å². The molecule has 0 saturated heterocycles. The maximum atomic E-state index is 5.72. The van der Waals surface area contributed by atoms with Crippen molar-refractivity contribution in [1.29, 1.82) is 0 Å². The van der Waals surface area contributed by atoms with E-state index in [1.165, 1.54) is 0 Å². The molecule has 1 heterocycles. The zero-order valence-electron chi connectivity index (χ0n) is 14.4. The molecule has 0 spiro atoms. The maximum Gasteiger partial charge on any atom is 0.167 e. The van der Waals surface area contributed by atoms with Gasteiger partial charge in [-0.25, -0.2) is 4.98 Å². The molecule has 0 amide bonds. The molecule has 0 bridgehead atoms. The fourth-order valence-electron chi connectivity index (χ4n) is 2.58. The number of rotatable bonds is 7. The topological polar surface area (TPSA) is 40.6 Å². The zero-order chi connectivity index (χ0) is 17.5. The maximum absolute atomic E-state index is 5.72. The molecule has 0 unspecified atom stereocenters. The number of methoxy groups -OCH3 is 2. The van der Waals surface area contributed by atoms with Crippen molar-refractivity contribution in [3.8, 4) is 11.5 Å². The van der Waals surface area contributed by atoms with Crippen LogP contribution in [0.2, 0.25) is 0 Å². The highest BCUT2D eigenvalue weighted by Gasteiger charge is 2.08. The van der Waals surface area contributed by atoms with Gasteiger partial charge in [0.15, 0.2) is 11.5 Å². The fraction of sp³-hybridized carbons (Fsp3) is 0.190. The van der Waals surface area contributed by atoms with Gasteiger partial charge in [0.1, 0.15) is 6.61 Å². The zero-order valence-corrected chi connectivity index (χ0v) is 14.4. The van der Waals surface area contributed by atoms with Crippen LogP contribution >= 0.6 is 0 Å². The van der Waals surface area contributed by atoms with Crippen molar-refractivity contribution in [2.45, 2.75) is 0 Å². The minimum absolute atomic E-state index is 0.478. The number of aromatic nitrogens is 1. The van der Waals surface area contributed by atoms with Crippen LogP contribution < -0.4 is 9.47 Å². The number of hydrogen-bond donors (Lipinski definition) is 0. The molecule has 3 aromatic rings. The lowest BCUT2D eigenvalue weighted by Gasteiger charge is -2.12. The third kappa shape index (κ3) is 4.17. The van der Waals surface area contributed by atoms with E-state index in [1.807, 2.05) is 54.6 Å². The van der Waals surface area contributed by atoms with E-state index in [-0.39, 0.29) is 0 Å². The minimum Gasteiger partial charge on any atom is -0.492 e. The van der Waals surface area contributed by atoms with Crippen molar-refractivity contribution < 1.29 is 14.2 Å². The Balaban J connectivity index is 1.85. The van der Waals surface area contributed by atoms with Crippen LogP contribution in [0.1, 0.15) is 11.3 Å². The van der Waals surface area contributed by atoms with E-state index < -0.39 is 0 Å². The minimum atomic E-state index is 0.478. The molecule has 128 valence electrons. The Labute approximate surface area is 147 Å². The lowest BCUT2D eigenvalue weighted by molar-refractivity contribution is 0.144. The molecule has 0 aliphatic rings. The number of ether oxygens (including phenoxy) is 3. The van der Waals surface area contributed by atoms with Gasteiger partial charge in [0.2, 0.25) is 0 Å². The molecule has 0 aliphatic heterocycles. The molecule has 4 nitrogen and oxygen atoms in total. The van der Waals surface area contributed by atoms with E-state index in [4.69, 9.17) is 14.2 Å². The van der Waals surface area contributed by atoms with Gasteiger partial charge < -0.3 is 14.2 Å². The highest BCUT2D eigenvalue weighted by atomic mass is 16.5. The first-order chi connectivity index (χ1) is 12.3. The summed E-state index contributed by atoms with van der Waals surface area (Å²) >= 11 is 0. The number of benzene rings is 2. The van der Waals surface area contributed by atoms with Gasteiger partial charge in [-0.05, 0) is 30.4 Å². The molecule has 0 N–H and O–H groups in total. The van der Waals surface area contributed by atoms with Crippen molar-refractivity contribution in [3.05, 3.63) is 65.9 Å². The number of para-hydroxylation sites is 2. The molecule has 0 aliphatic carbocycles. The normalized spacial score (nSPS) is 11.1. The molecule has 4 heteroatoms. The van der Waals surface area contributed by atoms with Gasteiger partial charge in [-0.3, -0.25) is 0 Å². The molecule has 0 radical (unpaired) electrons. The van der Waals surface area contributed by atoms with Gasteiger partial charge in [-0.15, -0.1) is 0 Å². The second kappa shape index (κ2) is 8.31. The summed E-state index contributed by atoms with van der Waals surface area (Å²) in [5.41, 5.74) is 2.81. The van der Waals surface area contributed by atoms with Crippen molar-refractivity contribution in [2.24, 2.45) is 0 Å². The van der Waals surface area contributed by atoms with Crippen molar-refractivity contribution in [2.75, 3.05) is 27.4 Å². The average molecular weight is 335 g/mol. The number of hydrogen-bond acceptors (Lipinski definition) is 4. The van der Waals surface area contributed by atoms with E-state index >= 15 is 0 Å². The molecular formula is C21H21NO3. The first kappa shape index (κ1) is 17.0.